The molecule has 2 aromatic rings. The maximum absolute atomic E-state index is 6.10. The standard InChI is InChI=1S/C15H19ClN2O/c1-11-4-5-12-13(8-11)18(14(9-16)17-12)15(2)6-3-7-19-10-15/h4-5,8H,3,6-7,9-10H2,1-2H3. The summed E-state index contributed by atoms with van der Waals surface area (Å²) < 4.78 is 7.99. The Hall–Kier alpha value is -1.06. The van der Waals surface area contributed by atoms with Crippen molar-refractivity contribution in [3.8, 4) is 0 Å². The lowest BCUT2D eigenvalue weighted by Gasteiger charge is -2.36. The van der Waals surface area contributed by atoms with Crippen LogP contribution in [0.5, 0.6) is 0 Å². The summed E-state index contributed by atoms with van der Waals surface area (Å²) in [4.78, 5) is 4.67. The SMILES string of the molecule is Cc1ccc2nc(CCl)n(C3(C)CCCOC3)c2c1. The Morgan fingerprint density at radius 1 is 1.47 bits per heavy atom. The molecule has 4 heteroatoms. The van der Waals surface area contributed by atoms with E-state index in [0.29, 0.717) is 5.88 Å². The average Bonchev–Trinajstić information content (AvgIpc) is 2.78. The second-order valence-corrected chi connectivity index (χ2v) is 5.91. The monoisotopic (exact) mass is 278 g/mol. The largest absolute Gasteiger partial charge is 0.379 e. The van der Waals surface area contributed by atoms with Gasteiger partial charge in [-0.25, -0.2) is 4.98 Å². The van der Waals surface area contributed by atoms with Crippen LogP contribution in [0.25, 0.3) is 11.0 Å². The van der Waals surface area contributed by atoms with E-state index in [0.717, 1.165) is 37.4 Å². The minimum absolute atomic E-state index is 0.0367. The van der Waals surface area contributed by atoms with Gasteiger partial charge in [0.05, 0.1) is 29.1 Å². The van der Waals surface area contributed by atoms with E-state index in [1.165, 1.54) is 11.1 Å². The van der Waals surface area contributed by atoms with E-state index in [1.54, 1.807) is 0 Å². The van der Waals surface area contributed by atoms with Gasteiger partial charge in [-0.3, -0.25) is 0 Å². The quantitative estimate of drug-likeness (QED) is 0.785. The molecule has 0 spiro atoms. The Morgan fingerprint density at radius 2 is 2.32 bits per heavy atom. The Balaban J connectivity index is 2.22. The predicted molar refractivity (Wildman–Crippen MR) is 77.7 cm³/mol. The highest BCUT2D eigenvalue weighted by molar-refractivity contribution is 6.16. The molecule has 1 unspecified atom stereocenters. The van der Waals surface area contributed by atoms with Crippen molar-refractivity contribution in [1.29, 1.82) is 0 Å². The summed E-state index contributed by atoms with van der Waals surface area (Å²) in [7, 11) is 0. The molecule has 3 rings (SSSR count). The number of aromatic nitrogens is 2. The molecule has 0 amide bonds. The van der Waals surface area contributed by atoms with Gasteiger partial charge >= 0.3 is 0 Å². The second kappa shape index (κ2) is 4.80. The molecule has 1 aliphatic heterocycles. The molecule has 0 bridgehead atoms. The van der Waals surface area contributed by atoms with Crippen molar-refractivity contribution in [2.24, 2.45) is 0 Å². The van der Waals surface area contributed by atoms with Crippen LogP contribution in [0.15, 0.2) is 18.2 Å². The van der Waals surface area contributed by atoms with Gasteiger partial charge in [0.15, 0.2) is 0 Å². The van der Waals surface area contributed by atoms with E-state index in [1.807, 2.05) is 0 Å². The minimum Gasteiger partial charge on any atom is -0.379 e. The molecule has 1 fully saturated rings. The molecule has 1 aromatic carbocycles. The highest BCUT2D eigenvalue weighted by atomic mass is 35.5. The Kier molecular flexibility index (Phi) is 3.27. The number of benzene rings is 1. The van der Waals surface area contributed by atoms with Crippen molar-refractivity contribution in [3.63, 3.8) is 0 Å². The van der Waals surface area contributed by atoms with Crippen molar-refractivity contribution in [2.45, 2.75) is 38.1 Å². The molecule has 0 aliphatic carbocycles. The van der Waals surface area contributed by atoms with E-state index in [2.05, 4.69) is 41.6 Å². The smallest absolute Gasteiger partial charge is 0.125 e. The summed E-state index contributed by atoms with van der Waals surface area (Å²) in [6, 6.07) is 6.36. The van der Waals surface area contributed by atoms with Crippen LogP contribution in [0.3, 0.4) is 0 Å². The number of rotatable bonds is 2. The van der Waals surface area contributed by atoms with Gasteiger partial charge in [0.25, 0.3) is 0 Å². The third kappa shape index (κ3) is 2.15. The van der Waals surface area contributed by atoms with Crippen molar-refractivity contribution in [3.05, 3.63) is 29.6 Å². The van der Waals surface area contributed by atoms with Crippen molar-refractivity contribution >= 4 is 22.6 Å². The average molecular weight is 279 g/mol. The first kappa shape index (κ1) is 12.9. The van der Waals surface area contributed by atoms with Crippen LogP contribution in [0.4, 0.5) is 0 Å². The second-order valence-electron chi connectivity index (χ2n) is 5.64. The number of ether oxygens (including phenoxy) is 1. The minimum atomic E-state index is -0.0367. The molecule has 1 atom stereocenters. The predicted octanol–water partition coefficient (Wildman–Crippen LogP) is 3.61. The molecular weight excluding hydrogens is 260 g/mol. The maximum atomic E-state index is 6.10. The van der Waals surface area contributed by atoms with E-state index < -0.39 is 0 Å². The number of hydrogen-bond acceptors (Lipinski definition) is 2. The molecule has 1 aliphatic rings. The summed E-state index contributed by atoms with van der Waals surface area (Å²) in [5.41, 5.74) is 3.40. The Bertz CT molecular complexity index is 599. The fraction of sp³-hybridized carbons (Fsp3) is 0.533. The third-order valence-electron chi connectivity index (χ3n) is 3.96. The van der Waals surface area contributed by atoms with E-state index in [4.69, 9.17) is 16.3 Å². The first-order chi connectivity index (χ1) is 9.14. The molecule has 0 N–H and O–H groups in total. The third-order valence-corrected chi connectivity index (χ3v) is 4.19. The van der Waals surface area contributed by atoms with Gasteiger partial charge in [0.2, 0.25) is 0 Å². The van der Waals surface area contributed by atoms with E-state index in [9.17, 15) is 0 Å². The summed E-state index contributed by atoms with van der Waals surface area (Å²) in [5, 5.41) is 0. The Morgan fingerprint density at radius 3 is 3.00 bits per heavy atom. The molecule has 102 valence electrons. The summed E-state index contributed by atoms with van der Waals surface area (Å²) in [6.45, 7) is 5.94. The van der Waals surface area contributed by atoms with Gasteiger partial charge in [0, 0.05) is 6.61 Å². The van der Waals surface area contributed by atoms with Crippen LogP contribution in [0.1, 0.15) is 31.2 Å². The lowest BCUT2D eigenvalue weighted by atomic mass is 9.94. The lowest BCUT2D eigenvalue weighted by molar-refractivity contribution is 0.0104. The molecule has 1 saturated heterocycles. The van der Waals surface area contributed by atoms with Crippen molar-refractivity contribution in [1.82, 2.24) is 9.55 Å². The van der Waals surface area contributed by atoms with Crippen LogP contribution in [0.2, 0.25) is 0 Å². The summed E-state index contributed by atoms with van der Waals surface area (Å²) >= 11 is 6.10. The fourth-order valence-corrected chi connectivity index (χ4v) is 3.20. The lowest BCUT2D eigenvalue weighted by Crippen LogP contribution is -2.39. The van der Waals surface area contributed by atoms with Crippen LogP contribution >= 0.6 is 11.6 Å². The van der Waals surface area contributed by atoms with Gasteiger partial charge < -0.3 is 9.30 Å². The maximum Gasteiger partial charge on any atom is 0.125 e. The zero-order valence-corrected chi connectivity index (χ0v) is 12.2. The normalized spacial score (nSPS) is 23.9. The number of aryl methyl sites for hydroxylation is 1. The highest BCUT2D eigenvalue weighted by Crippen LogP contribution is 2.33. The molecule has 19 heavy (non-hydrogen) atoms. The van der Waals surface area contributed by atoms with Gasteiger partial charge in [-0.2, -0.15) is 0 Å². The molecule has 0 saturated carbocycles. The number of fused-ring (bicyclic) bond motifs is 1. The van der Waals surface area contributed by atoms with Crippen molar-refractivity contribution in [2.75, 3.05) is 13.2 Å². The van der Waals surface area contributed by atoms with Gasteiger partial charge in [-0.15, -0.1) is 11.6 Å². The first-order valence-electron chi connectivity index (χ1n) is 6.76. The number of nitrogens with zero attached hydrogens (tertiary/aromatic N) is 2. The summed E-state index contributed by atoms with van der Waals surface area (Å²) in [5.74, 6) is 1.37. The number of halogens is 1. The number of imidazole rings is 1. The molecular formula is C15H19ClN2O. The first-order valence-corrected chi connectivity index (χ1v) is 7.30. The van der Waals surface area contributed by atoms with Crippen molar-refractivity contribution < 1.29 is 4.74 Å². The Labute approximate surface area is 118 Å². The van der Waals surface area contributed by atoms with Gasteiger partial charge in [0.1, 0.15) is 5.82 Å². The van der Waals surface area contributed by atoms with E-state index >= 15 is 0 Å². The molecule has 3 nitrogen and oxygen atoms in total. The molecule has 1 aromatic heterocycles. The topological polar surface area (TPSA) is 27.1 Å². The highest BCUT2D eigenvalue weighted by Gasteiger charge is 2.33. The number of alkyl halides is 1. The zero-order valence-electron chi connectivity index (χ0n) is 11.4. The van der Waals surface area contributed by atoms with Gasteiger partial charge in [-0.05, 0) is 44.4 Å². The molecule has 2 heterocycles. The summed E-state index contributed by atoms with van der Waals surface area (Å²) in [6.07, 6.45) is 2.19. The van der Waals surface area contributed by atoms with Crippen LogP contribution in [-0.4, -0.2) is 22.8 Å². The van der Waals surface area contributed by atoms with Gasteiger partial charge in [-0.1, -0.05) is 6.07 Å². The van der Waals surface area contributed by atoms with Crippen LogP contribution in [0, 0.1) is 6.92 Å². The molecule has 0 radical (unpaired) electrons. The zero-order chi connectivity index (χ0) is 13.5. The van der Waals surface area contributed by atoms with Crippen LogP contribution in [-0.2, 0) is 16.2 Å². The van der Waals surface area contributed by atoms with Crippen LogP contribution < -0.4 is 0 Å². The number of hydrogen-bond donors (Lipinski definition) is 0. The van der Waals surface area contributed by atoms with E-state index in [-0.39, 0.29) is 5.54 Å². The fourth-order valence-electron chi connectivity index (χ4n) is 3.02.